The molecule has 0 spiro atoms. The number of aryl methyl sites for hydroxylation is 1. The zero-order valence-electron chi connectivity index (χ0n) is 10.1. The first kappa shape index (κ1) is 12.4. The summed E-state index contributed by atoms with van der Waals surface area (Å²) in [6.07, 6.45) is 0. The number of carbonyl (C=O) groups excluding carboxylic acids is 1. The van der Waals surface area contributed by atoms with Gasteiger partial charge in [-0.3, -0.25) is 4.79 Å². The summed E-state index contributed by atoms with van der Waals surface area (Å²) in [6.45, 7) is 3.13. The summed E-state index contributed by atoms with van der Waals surface area (Å²) in [7, 11) is 0. The molecule has 1 nitrogen and oxygen atoms in total. The van der Waals surface area contributed by atoms with E-state index in [-0.39, 0.29) is 11.6 Å². The van der Waals surface area contributed by atoms with Crippen molar-refractivity contribution in [3.63, 3.8) is 0 Å². The van der Waals surface area contributed by atoms with Crippen LogP contribution in [-0.2, 0) is 0 Å². The SMILES string of the molecule is CC(=O)c1ccc(F)c(-c2ccc(F)cc2C)c1. The minimum atomic E-state index is -0.422. The van der Waals surface area contributed by atoms with E-state index in [0.717, 1.165) is 0 Å². The van der Waals surface area contributed by atoms with Gasteiger partial charge in [0.2, 0.25) is 0 Å². The molecule has 2 aromatic carbocycles. The highest BCUT2D eigenvalue weighted by Gasteiger charge is 2.11. The number of benzene rings is 2. The molecule has 0 heterocycles. The summed E-state index contributed by atoms with van der Waals surface area (Å²) < 4.78 is 26.8. The van der Waals surface area contributed by atoms with E-state index in [1.54, 1.807) is 6.92 Å². The molecular formula is C15H12F2O. The Labute approximate surface area is 104 Å². The van der Waals surface area contributed by atoms with Crippen molar-refractivity contribution in [1.29, 1.82) is 0 Å². The molecular weight excluding hydrogens is 234 g/mol. The maximum atomic E-state index is 13.8. The van der Waals surface area contributed by atoms with Crippen molar-refractivity contribution >= 4 is 5.78 Å². The summed E-state index contributed by atoms with van der Waals surface area (Å²) in [5.41, 5.74) is 1.99. The first-order valence-corrected chi connectivity index (χ1v) is 5.56. The average Bonchev–Trinajstić information content (AvgIpc) is 2.30. The van der Waals surface area contributed by atoms with E-state index in [1.807, 2.05) is 0 Å². The van der Waals surface area contributed by atoms with Gasteiger partial charge in [-0.25, -0.2) is 8.78 Å². The van der Waals surface area contributed by atoms with Gasteiger partial charge >= 0.3 is 0 Å². The van der Waals surface area contributed by atoms with Gasteiger partial charge in [-0.2, -0.15) is 0 Å². The maximum Gasteiger partial charge on any atom is 0.159 e. The monoisotopic (exact) mass is 246 g/mol. The van der Waals surface area contributed by atoms with Crippen molar-refractivity contribution in [3.8, 4) is 11.1 Å². The highest BCUT2D eigenvalue weighted by Crippen LogP contribution is 2.27. The lowest BCUT2D eigenvalue weighted by atomic mass is 9.97. The van der Waals surface area contributed by atoms with Crippen molar-refractivity contribution in [2.24, 2.45) is 0 Å². The molecule has 0 saturated carbocycles. The summed E-state index contributed by atoms with van der Waals surface area (Å²) >= 11 is 0. The topological polar surface area (TPSA) is 17.1 Å². The van der Waals surface area contributed by atoms with E-state index in [9.17, 15) is 13.6 Å². The molecule has 0 aliphatic heterocycles. The summed E-state index contributed by atoms with van der Waals surface area (Å²) in [6, 6.07) is 8.34. The number of hydrogen-bond donors (Lipinski definition) is 0. The molecule has 18 heavy (non-hydrogen) atoms. The van der Waals surface area contributed by atoms with Crippen LogP contribution in [0.3, 0.4) is 0 Å². The van der Waals surface area contributed by atoms with Crippen molar-refractivity contribution in [1.82, 2.24) is 0 Å². The van der Waals surface area contributed by atoms with Crippen molar-refractivity contribution < 1.29 is 13.6 Å². The Hall–Kier alpha value is -2.03. The third-order valence-corrected chi connectivity index (χ3v) is 2.85. The number of hydrogen-bond acceptors (Lipinski definition) is 1. The van der Waals surface area contributed by atoms with Crippen molar-refractivity contribution in [3.05, 3.63) is 59.2 Å². The Morgan fingerprint density at radius 3 is 2.33 bits per heavy atom. The lowest BCUT2D eigenvalue weighted by Crippen LogP contribution is -1.95. The van der Waals surface area contributed by atoms with Crippen LogP contribution in [-0.4, -0.2) is 5.78 Å². The predicted octanol–water partition coefficient (Wildman–Crippen LogP) is 4.14. The van der Waals surface area contributed by atoms with Gasteiger partial charge in [-0.1, -0.05) is 6.07 Å². The van der Waals surface area contributed by atoms with E-state index in [2.05, 4.69) is 0 Å². The molecule has 0 radical (unpaired) electrons. The van der Waals surface area contributed by atoms with Crippen LogP contribution in [0.1, 0.15) is 22.8 Å². The lowest BCUT2D eigenvalue weighted by Gasteiger charge is -2.08. The van der Waals surface area contributed by atoms with Crippen molar-refractivity contribution in [2.75, 3.05) is 0 Å². The molecule has 0 fully saturated rings. The number of carbonyl (C=O) groups is 1. The normalized spacial score (nSPS) is 10.4. The molecule has 92 valence electrons. The quantitative estimate of drug-likeness (QED) is 0.728. The van der Waals surface area contributed by atoms with E-state index in [4.69, 9.17) is 0 Å². The van der Waals surface area contributed by atoms with Crippen LogP contribution < -0.4 is 0 Å². The summed E-state index contributed by atoms with van der Waals surface area (Å²) in [4.78, 5) is 11.3. The lowest BCUT2D eigenvalue weighted by molar-refractivity contribution is 0.101. The summed E-state index contributed by atoms with van der Waals surface area (Å²) in [5, 5.41) is 0. The van der Waals surface area contributed by atoms with Gasteiger partial charge < -0.3 is 0 Å². The Morgan fingerprint density at radius 1 is 1.00 bits per heavy atom. The average molecular weight is 246 g/mol. The zero-order chi connectivity index (χ0) is 13.3. The van der Waals surface area contributed by atoms with Crippen LogP contribution >= 0.6 is 0 Å². The van der Waals surface area contributed by atoms with Crippen LogP contribution in [0.15, 0.2) is 36.4 Å². The zero-order valence-corrected chi connectivity index (χ0v) is 10.1. The molecule has 0 aliphatic rings. The largest absolute Gasteiger partial charge is 0.295 e. The molecule has 0 bridgehead atoms. The van der Waals surface area contributed by atoms with E-state index in [1.165, 1.54) is 43.3 Å². The van der Waals surface area contributed by atoms with Gasteiger partial charge in [-0.05, 0) is 55.3 Å². The fourth-order valence-corrected chi connectivity index (χ4v) is 1.88. The van der Waals surface area contributed by atoms with E-state index >= 15 is 0 Å². The molecule has 0 saturated heterocycles. The molecule has 2 rings (SSSR count). The number of rotatable bonds is 2. The number of ketones is 1. The minimum absolute atomic E-state index is 0.129. The van der Waals surface area contributed by atoms with Gasteiger partial charge in [0, 0.05) is 11.1 Å². The Bertz CT molecular complexity index is 618. The molecule has 0 aliphatic carbocycles. The van der Waals surface area contributed by atoms with Gasteiger partial charge in [0.05, 0.1) is 0 Å². The highest BCUT2D eigenvalue weighted by molar-refractivity contribution is 5.95. The first-order chi connectivity index (χ1) is 8.49. The Kier molecular flexibility index (Phi) is 3.24. The van der Waals surface area contributed by atoms with Crippen LogP contribution in [0.2, 0.25) is 0 Å². The molecule has 0 unspecified atom stereocenters. The first-order valence-electron chi connectivity index (χ1n) is 5.56. The Morgan fingerprint density at radius 2 is 1.72 bits per heavy atom. The van der Waals surface area contributed by atoms with Gasteiger partial charge in [0.25, 0.3) is 0 Å². The molecule has 0 atom stereocenters. The predicted molar refractivity (Wildman–Crippen MR) is 66.5 cm³/mol. The fraction of sp³-hybridized carbons (Fsp3) is 0.133. The molecule has 0 N–H and O–H groups in total. The van der Waals surface area contributed by atoms with Crippen LogP contribution in [0.25, 0.3) is 11.1 Å². The van der Waals surface area contributed by atoms with Gasteiger partial charge in [0.15, 0.2) is 5.78 Å². The second-order valence-corrected chi connectivity index (χ2v) is 4.21. The second-order valence-electron chi connectivity index (χ2n) is 4.21. The van der Waals surface area contributed by atoms with Gasteiger partial charge in [-0.15, -0.1) is 0 Å². The number of Topliss-reactive ketones (excluding diaryl/α,β-unsaturated/α-hetero) is 1. The van der Waals surface area contributed by atoms with Crippen LogP contribution in [0.4, 0.5) is 8.78 Å². The van der Waals surface area contributed by atoms with E-state index < -0.39 is 5.82 Å². The smallest absolute Gasteiger partial charge is 0.159 e. The highest BCUT2D eigenvalue weighted by atomic mass is 19.1. The van der Waals surface area contributed by atoms with E-state index in [0.29, 0.717) is 22.3 Å². The third-order valence-electron chi connectivity index (χ3n) is 2.85. The molecule has 3 heteroatoms. The second kappa shape index (κ2) is 4.69. The van der Waals surface area contributed by atoms with Crippen LogP contribution in [0.5, 0.6) is 0 Å². The molecule has 0 amide bonds. The minimum Gasteiger partial charge on any atom is -0.295 e. The van der Waals surface area contributed by atoms with Crippen molar-refractivity contribution in [2.45, 2.75) is 13.8 Å². The third kappa shape index (κ3) is 2.30. The molecule has 0 aromatic heterocycles. The molecule has 2 aromatic rings. The standard InChI is InChI=1S/C15H12F2O/c1-9-7-12(16)4-5-13(9)14-8-11(10(2)18)3-6-15(14)17/h3-8H,1-2H3. The summed E-state index contributed by atoms with van der Waals surface area (Å²) in [5.74, 6) is -0.912. The maximum absolute atomic E-state index is 13.8. The van der Waals surface area contributed by atoms with Gasteiger partial charge in [0.1, 0.15) is 11.6 Å². The number of halogens is 2. The fourth-order valence-electron chi connectivity index (χ4n) is 1.88. The Balaban J connectivity index is 2.62. The van der Waals surface area contributed by atoms with Crippen LogP contribution in [0, 0.1) is 18.6 Å².